The Hall–Kier alpha value is -1.48. The number of hydrogen-bond acceptors (Lipinski definition) is 4. The van der Waals surface area contributed by atoms with E-state index < -0.39 is 6.43 Å². The highest BCUT2D eigenvalue weighted by Gasteiger charge is 2.45. The van der Waals surface area contributed by atoms with Crippen molar-refractivity contribution in [1.82, 2.24) is 4.90 Å². The Morgan fingerprint density at radius 2 is 1.89 bits per heavy atom. The number of ether oxygens (including phenoxy) is 1. The highest BCUT2D eigenvalue weighted by Crippen LogP contribution is 2.44. The van der Waals surface area contributed by atoms with E-state index in [9.17, 15) is 14.0 Å². The van der Waals surface area contributed by atoms with Gasteiger partial charge in [-0.3, -0.25) is 4.90 Å². The van der Waals surface area contributed by atoms with Crippen molar-refractivity contribution >= 4 is 11.4 Å². The molecule has 0 unspecified atom stereocenters. The average Bonchev–Trinajstić information content (AvgIpc) is 2.85. The maximum absolute atomic E-state index is 12.5. The molecule has 8 heteroatoms. The van der Waals surface area contributed by atoms with Gasteiger partial charge in [0.2, 0.25) is 0 Å². The molecule has 1 spiro atoms. The number of halogens is 2. The molecule has 27 heavy (non-hydrogen) atoms. The Balaban J connectivity index is 0.00000210. The number of hydrogen-bond donors (Lipinski definition) is 1. The third kappa shape index (κ3) is 3.89. The van der Waals surface area contributed by atoms with Crippen LogP contribution in [0.2, 0.25) is 0 Å². The normalized spacial score (nSPS) is 23.0. The Kier molecular flexibility index (Phi) is 5.37. The van der Waals surface area contributed by atoms with Gasteiger partial charge in [-0.1, -0.05) is 0 Å². The van der Waals surface area contributed by atoms with Gasteiger partial charge in [-0.2, -0.15) is 0 Å². The molecule has 1 aromatic carbocycles. The van der Waals surface area contributed by atoms with Gasteiger partial charge >= 0.3 is 0 Å². The Morgan fingerprint density at radius 3 is 2.48 bits per heavy atom. The number of nitrogens with zero attached hydrogens (tertiary/aromatic N) is 2. The maximum atomic E-state index is 12.5. The summed E-state index contributed by atoms with van der Waals surface area (Å²) in [5.74, 6) is 0.877. The Bertz CT molecular complexity index is 683. The van der Waals surface area contributed by atoms with Gasteiger partial charge in [0, 0.05) is 50.3 Å². The van der Waals surface area contributed by atoms with E-state index in [0.29, 0.717) is 5.69 Å². The van der Waals surface area contributed by atoms with Gasteiger partial charge in [0.05, 0.1) is 6.54 Å². The molecule has 4 N–H and O–H groups in total. The molecule has 6 nitrogen and oxygen atoms in total. The first-order chi connectivity index (χ1) is 12.3. The zero-order valence-electron chi connectivity index (χ0n) is 15.9. The molecule has 0 amide bonds. The number of fused-ring (bicyclic) bond motifs is 1. The molecule has 3 aliphatic rings. The van der Waals surface area contributed by atoms with Gasteiger partial charge in [-0.15, -0.1) is 0 Å². The molecular formula is C19H29F2N3O3. The number of rotatable bonds is 4. The second kappa shape index (κ2) is 7.16. The lowest BCUT2D eigenvalue weighted by Gasteiger charge is -2.54. The van der Waals surface area contributed by atoms with Crippen LogP contribution in [0.5, 0.6) is 5.75 Å². The molecule has 0 saturated carbocycles. The number of nitrogens with two attached hydrogens (primary N) is 1. The fraction of sp³-hybridized carbons (Fsp3) is 0.684. The highest BCUT2D eigenvalue weighted by atomic mass is 19.3. The quantitative estimate of drug-likeness (QED) is 0.628. The minimum Gasteiger partial charge on any atom is -0.630 e. The van der Waals surface area contributed by atoms with E-state index in [-0.39, 0.29) is 23.0 Å². The van der Waals surface area contributed by atoms with Gasteiger partial charge in [-0.25, -0.2) is 8.78 Å². The van der Waals surface area contributed by atoms with E-state index >= 15 is 0 Å². The monoisotopic (exact) mass is 385 g/mol. The SMILES string of the molecule is CC1(C)Cc2cc([NH2+][O-])c(N3CCC4(CC3)CN(CC(F)F)C4)cc2O1.O. The molecule has 2 fully saturated rings. The third-order valence-electron chi connectivity index (χ3n) is 6.02. The molecule has 0 aliphatic carbocycles. The van der Waals surface area contributed by atoms with Crippen molar-refractivity contribution in [2.75, 3.05) is 37.6 Å². The van der Waals surface area contributed by atoms with Crippen molar-refractivity contribution in [3.63, 3.8) is 0 Å². The number of alkyl halides is 2. The standard InChI is InChI=1S/C19H27F2N3O2.H2O/c1-18(2)9-13-7-14(22-25)15(8-16(13)26-18)24-5-3-19(4-6-24)11-23(12-19)10-17(20)21;/h7-8,17H,3-6,9-12,22H2,1-2H3;1H2. The summed E-state index contributed by atoms with van der Waals surface area (Å²) in [4.78, 5) is 4.10. The smallest absolute Gasteiger partial charge is 0.251 e. The topological polar surface area (TPSA) is 86.9 Å². The Labute approximate surface area is 158 Å². The first kappa shape index (κ1) is 20.3. The summed E-state index contributed by atoms with van der Waals surface area (Å²) >= 11 is 0. The van der Waals surface area contributed by atoms with Gasteiger partial charge in [0.15, 0.2) is 5.69 Å². The van der Waals surface area contributed by atoms with Crippen LogP contribution in [0, 0.1) is 10.6 Å². The second-order valence-electron chi connectivity index (χ2n) is 8.72. The molecule has 3 heterocycles. The second-order valence-corrected chi connectivity index (χ2v) is 8.72. The van der Waals surface area contributed by atoms with Gasteiger partial charge in [0.1, 0.15) is 17.0 Å². The lowest BCUT2D eigenvalue weighted by molar-refractivity contribution is -0.496. The van der Waals surface area contributed by atoms with Crippen LogP contribution in [0.3, 0.4) is 0 Å². The molecule has 0 bridgehead atoms. The third-order valence-corrected chi connectivity index (χ3v) is 6.02. The summed E-state index contributed by atoms with van der Waals surface area (Å²) < 4.78 is 31.0. The van der Waals surface area contributed by atoms with Crippen molar-refractivity contribution in [3.05, 3.63) is 22.9 Å². The van der Waals surface area contributed by atoms with E-state index in [1.54, 1.807) is 0 Å². The zero-order valence-corrected chi connectivity index (χ0v) is 15.9. The maximum Gasteiger partial charge on any atom is 0.251 e. The van der Waals surface area contributed by atoms with Crippen LogP contribution in [0.1, 0.15) is 32.3 Å². The van der Waals surface area contributed by atoms with E-state index in [4.69, 9.17) is 4.74 Å². The molecule has 0 atom stereocenters. The van der Waals surface area contributed by atoms with E-state index in [1.165, 1.54) is 0 Å². The van der Waals surface area contributed by atoms with Crippen LogP contribution < -0.4 is 15.1 Å². The number of piperidine rings is 1. The largest absolute Gasteiger partial charge is 0.630 e. The van der Waals surface area contributed by atoms with E-state index in [2.05, 4.69) is 18.7 Å². The minimum atomic E-state index is -2.25. The molecule has 2 saturated heterocycles. The van der Waals surface area contributed by atoms with Crippen molar-refractivity contribution in [2.45, 2.75) is 45.1 Å². The summed E-state index contributed by atoms with van der Waals surface area (Å²) in [5.41, 5.74) is 3.63. The fourth-order valence-electron chi connectivity index (χ4n) is 4.79. The van der Waals surface area contributed by atoms with Crippen LogP contribution in [0.15, 0.2) is 12.1 Å². The predicted molar refractivity (Wildman–Crippen MR) is 99.7 cm³/mol. The van der Waals surface area contributed by atoms with Crippen molar-refractivity contribution in [2.24, 2.45) is 5.41 Å². The molecule has 3 aliphatic heterocycles. The van der Waals surface area contributed by atoms with Gasteiger partial charge in [0.25, 0.3) is 6.43 Å². The summed E-state index contributed by atoms with van der Waals surface area (Å²) in [5, 5.41) is 11.6. The lowest BCUT2D eigenvalue weighted by atomic mass is 9.72. The minimum absolute atomic E-state index is 0. The summed E-state index contributed by atoms with van der Waals surface area (Å²) in [6.45, 7) is 7.25. The van der Waals surface area contributed by atoms with Crippen LogP contribution in [0.25, 0.3) is 0 Å². The molecule has 0 radical (unpaired) electrons. The average molecular weight is 385 g/mol. The van der Waals surface area contributed by atoms with Gasteiger partial charge < -0.3 is 25.8 Å². The summed E-state index contributed by atoms with van der Waals surface area (Å²) in [6.07, 6.45) is 0.522. The van der Waals surface area contributed by atoms with Crippen LogP contribution >= 0.6 is 0 Å². The molecule has 4 rings (SSSR count). The van der Waals surface area contributed by atoms with Crippen molar-refractivity contribution in [1.29, 1.82) is 0 Å². The van der Waals surface area contributed by atoms with Crippen LogP contribution in [-0.4, -0.2) is 55.1 Å². The van der Waals surface area contributed by atoms with E-state index in [1.807, 2.05) is 17.0 Å². The van der Waals surface area contributed by atoms with Crippen LogP contribution in [0.4, 0.5) is 20.2 Å². The van der Waals surface area contributed by atoms with Crippen LogP contribution in [-0.2, 0) is 6.42 Å². The zero-order chi connectivity index (χ0) is 18.5. The number of quaternary nitrogens is 1. The number of benzene rings is 1. The molecule has 1 aromatic rings. The number of anilines is 1. The summed E-state index contributed by atoms with van der Waals surface area (Å²) in [6, 6.07) is 3.97. The van der Waals surface area contributed by atoms with Crippen molar-refractivity contribution < 1.29 is 24.5 Å². The number of likely N-dealkylation sites (tertiary alicyclic amines) is 1. The predicted octanol–water partition coefficient (Wildman–Crippen LogP) is 1.44. The Morgan fingerprint density at radius 1 is 1.22 bits per heavy atom. The highest BCUT2D eigenvalue weighted by molar-refractivity contribution is 5.68. The molecule has 152 valence electrons. The summed E-state index contributed by atoms with van der Waals surface area (Å²) in [7, 11) is 0. The molecule has 0 aromatic heterocycles. The van der Waals surface area contributed by atoms with E-state index in [0.717, 1.165) is 67.9 Å². The first-order valence-electron chi connectivity index (χ1n) is 9.36. The molecular weight excluding hydrogens is 356 g/mol. The lowest BCUT2D eigenvalue weighted by Crippen LogP contribution is -2.70. The van der Waals surface area contributed by atoms with Crippen molar-refractivity contribution in [3.8, 4) is 5.75 Å². The first-order valence-corrected chi connectivity index (χ1v) is 9.36. The fourth-order valence-corrected chi connectivity index (χ4v) is 4.79. The van der Waals surface area contributed by atoms with Gasteiger partial charge in [-0.05, 0) is 32.1 Å².